The van der Waals surface area contributed by atoms with E-state index in [1.807, 2.05) is 12.4 Å². The number of fused-ring (bicyclic) bond motifs is 3. The maximum Gasteiger partial charge on any atom is 0.0555 e. The maximum atomic E-state index is 4.13. The van der Waals surface area contributed by atoms with Crippen LogP contribution < -0.4 is 5.32 Å². The van der Waals surface area contributed by atoms with Gasteiger partial charge in [-0.3, -0.25) is 4.98 Å². The monoisotopic (exact) mass is 326 g/mol. The summed E-state index contributed by atoms with van der Waals surface area (Å²) in [5.74, 6) is 1.11. The first-order chi connectivity index (χ1) is 9.83. The van der Waals surface area contributed by atoms with E-state index in [9.17, 15) is 0 Å². The zero-order chi connectivity index (χ0) is 13.5. The lowest BCUT2D eigenvalue weighted by atomic mass is 9.77. The summed E-state index contributed by atoms with van der Waals surface area (Å²) in [6.07, 6.45) is 9.58. The van der Waals surface area contributed by atoms with Gasteiger partial charge in [-0.05, 0) is 53.8 Å². The Hall–Kier alpha value is -1.61. The Balaban J connectivity index is 1.80. The highest BCUT2D eigenvalue weighted by atomic mass is 79.9. The van der Waals surface area contributed by atoms with Crippen LogP contribution in [-0.2, 0) is 0 Å². The lowest BCUT2D eigenvalue weighted by Crippen LogP contribution is -2.29. The van der Waals surface area contributed by atoms with Gasteiger partial charge >= 0.3 is 0 Å². The molecule has 0 bridgehead atoms. The molecule has 3 heteroatoms. The van der Waals surface area contributed by atoms with Crippen LogP contribution in [0.4, 0.5) is 5.69 Å². The van der Waals surface area contributed by atoms with Gasteiger partial charge in [-0.15, -0.1) is 0 Å². The predicted molar refractivity (Wildman–Crippen MR) is 84.7 cm³/mol. The molecular weight excluding hydrogens is 312 g/mol. The summed E-state index contributed by atoms with van der Waals surface area (Å²) in [5.41, 5.74) is 3.98. The smallest absolute Gasteiger partial charge is 0.0555 e. The summed E-state index contributed by atoms with van der Waals surface area (Å²) in [5, 5.41) is 3.72. The predicted octanol–water partition coefficient (Wildman–Crippen LogP) is 4.67. The number of benzene rings is 1. The van der Waals surface area contributed by atoms with Crippen LogP contribution in [0, 0.1) is 5.92 Å². The lowest BCUT2D eigenvalue weighted by Gasteiger charge is -2.37. The van der Waals surface area contributed by atoms with Crippen LogP contribution in [0.1, 0.15) is 29.5 Å². The second kappa shape index (κ2) is 4.74. The molecule has 1 aliphatic heterocycles. The molecule has 3 atom stereocenters. The number of nitrogens with zero attached hydrogens (tertiary/aromatic N) is 1. The van der Waals surface area contributed by atoms with Crippen LogP contribution >= 0.6 is 15.9 Å². The molecule has 1 aromatic heterocycles. The maximum absolute atomic E-state index is 4.13. The molecule has 100 valence electrons. The van der Waals surface area contributed by atoms with Crippen LogP contribution in [0.5, 0.6) is 0 Å². The third kappa shape index (κ3) is 1.88. The average Bonchev–Trinajstić information content (AvgIpc) is 2.97. The summed E-state index contributed by atoms with van der Waals surface area (Å²) in [7, 11) is 0. The van der Waals surface area contributed by atoms with Crippen LogP contribution in [0.2, 0.25) is 0 Å². The van der Waals surface area contributed by atoms with Crippen molar-refractivity contribution in [3.8, 4) is 0 Å². The second-order valence-electron chi connectivity index (χ2n) is 5.49. The van der Waals surface area contributed by atoms with Crippen molar-refractivity contribution in [1.29, 1.82) is 0 Å². The van der Waals surface area contributed by atoms with Crippen LogP contribution in [-0.4, -0.2) is 4.98 Å². The molecule has 0 saturated carbocycles. The van der Waals surface area contributed by atoms with E-state index in [-0.39, 0.29) is 0 Å². The van der Waals surface area contributed by atoms with Gasteiger partial charge in [0, 0.05) is 28.5 Å². The second-order valence-corrected chi connectivity index (χ2v) is 6.40. The standard InChI is InChI=1S/C17H15BrN2/c18-12-4-5-16-15(10-12)13-2-1-3-14(13)17(20-16)11-6-8-19-9-7-11/h1-2,4-10,13-14,17,20H,3H2/t13-,14+,17-/m0/s1. The van der Waals surface area contributed by atoms with E-state index in [0.29, 0.717) is 17.9 Å². The fraction of sp³-hybridized carbons (Fsp3) is 0.235. The molecule has 2 nitrogen and oxygen atoms in total. The number of aromatic nitrogens is 1. The first-order valence-corrected chi connectivity index (χ1v) is 7.75. The van der Waals surface area contributed by atoms with E-state index in [4.69, 9.17) is 0 Å². The summed E-state index contributed by atoms with van der Waals surface area (Å²) in [4.78, 5) is 4.13. The highest BCUT2D eigenvalue weighted by Gasteiger charge is 2.37. The quantitative estimate of drug-likeness (QED) is 0.770. The highest BCUT2D eigenvalue weighted by molar-refractivity contribution is 9.10. The molecule has 2 aliphatic rings. The third-order valence-electron chi connectivity index (χ3n) is 4.39. The molecule has 4 rings (SSSR count). The first kappa shape index (κ1) is 12.2. The van der Waals surface area contributed by atoms with E-state index in [0.717, 1.165) is 10.9 Å². The molecule has 0 amide bonds. The third-order valence-corrected chi connectivity index (χ3v) is 4.88. The van der Waals surface area contributed by atoms with Crippen molar-refractivity contribution in [2.24, 2.45) is 5.92 Å². The van der Waals surface area contributed by atoms with Gasteiger partial charge in [-0.2, -0.15) is 0 Å². The van der Waals surface area contributed by atoms with Gasteiger partial charge < -0.3 is 5.32 Å². The summed E-state index contributed by atoms with van der Waals surface area (Å²) in [6, 6.07) is 11.1. The number of hydrogen-bond donors (Lipinski definition) is 1. The van der Waals surface area contributed by atoms with Crippen molar-refractivity contribution >= 4 is 21.6 Å². The number of allylic oxidation sites excluding steroid dienone is 2. The first-order valence-electron chi connectivity index (χ1n) is 6.95. The number of halogens is 1. The zero-order valence-corrected chi connectivity index (χ0v) is 12.5. The molecule has 2 heterocycles. The van der Waals surface area contributed by atoms with Crippen molar-refractivity contribution < 1.29 is 0 Å². The Kier molecular flexibility index (Phi) is 2.88. The van der Waals surface area contributed by atoms with Crippen molar-refractivity contribution in [2.45, 2.75) is 18.4 Å². The van der Waals surface area contributed by atoms with Crippen molar-refractivity contribution in [2.75, 3.05) is 5.32 Å². The number of nitrogens with one attached hydrogen (secondary N) is 1. The minimum Gasteiger partial charge on any atom is -0.378 e. The molecule has 20 heavy (non-hydrogen) atoms. The molecule has 1 aliphatic carbocycles. The van der Waals surface area contributed by atoms with Gasteiger partial charge in [0.15, 0.2) is 0 Å². The van der Waals surface area contributed by atoms with Gasteiger partial charge in [-0.25, -0.2) is 0 Å². The minimum atomic E-state index is 0.367. The molecule has 0 saturated heterocycles. The molecule has 2 aromatic rings. The van der Waals surface area contributed by atoms with Gasteiger partial charge in [0.25, 0.3) is 0 Å². The number of rotatable bonds is 1. The van der Waals surface area contributed by atoms with Gasteiger partial charge in [0.2, 0.25) is 0 Å². The Labute approximate surface area is 127 Å². The molecule has 0 unspecified atom stereocenters. The summed E-state index contributed by atoms with van der Waals surface area (Å²) < 4.78 is 1.15. The van der Waals surface area contributed by atoms with E-state index in [1.165, 1.54) is 16.8 Å². The largest absolute Gasteiger partial charge is 0.378 e. The van der Waals surface area contributed by atoms with E-state index in [1.54, 1.807) is 0 Å². The van der Waals surface area contributed by atoms with Crippen molar-refractivity contribution in [3.63, 3.8) is 0 Å². The number of pyridine rings is 1. The topological polar surface area (TPSA) is 24.9 Å². The van der Waals surface area contributed by atoms with Gasteiger partial charge in [-0.1, -0.05) is 28.1 Å². The zero-order valence-electron chi connectivity index (χ0n) is 11.0. The molecule has 0 radical (unpaired) electrons. The van der Waals surface area contributed by atoms with E-state index >= 15 is 0 Å². The summed E-state index contributed by atoms with van der Waals surface area (Å²) in [6.45, 7) is 0. The molecule has 1 aromatic carbocycles. The SMILES string of the molecule is Brc1ccc2c(c1)[C@H]1C=CC[C@H]1[C@H](c1ccncc1)N2. The fourth-order valence-electron chi connectivity index (χ4n) is 3.47. The minimum absolute atomic E-state index is 0.367. The Morgan fingerprint density at radius 1 is 1.15 bits per heavy atom. The van der Waals surface area contributed by atoms with Gasteiger partial charge in [0.1, 0.15) is 0 Å². The normalized spacial score (nSPS) is 26.8. The Morgan fingerprint density at radius 2 is 2.00 bits per heavy atom. The summed E-state index contributed by atoms with van der Waals surface area (Å²) >= 11 is 3.59. The fourth-order valence-corrected chi connectivity index (χ4v) is 3.84. The van der Waals surface area contributed by atoms with E-state index < -0.39 is 0 Å². The molecular formula is C17H15BrN2. The highest BCUT2D eigenvalue weighted by Crippen LogP contribution is 2.50. The number of anilines is 1. The average molecular weight is 327 g/mol. The Bertz CT molecular complexity index is 666. The van der Waals surface area contributed by atoms with Crippen molar-refractivity contribution in [3.05, 3.63) is 70.5 Å². The van der Waals surface area contributed by atoms with Crippen molar-refractivity contribution in [1.82, 2.24) is 4.98 Å². The Morgan fingerprint density at radius 3 is 2.85 bits per heavy atom. The van der Waals surface area contributed by atoms with Crippen LogP contribution in [0.3, 0.4) is 0 Å². The molecule has 0 spiro atoms. The molecule has 0 fully saturated rings. The lowest BCUT2D eigenvalue weighted by molar-refractivity contribution is 0.425. The van der Waals surface area contributed by atoms with E-state index in [2.05, 4.69) is 68.7 Å². The number of hydrogen-bond acceptors (Lipinski definition) is 2. The van der Waals surface area contributed by atoms with Gasteiger partial charge in [0.05, 0.1) is 6.04 Å². The molecule has 1 N–H and O–H groups in total. The van der Waals surface area contributed by atoms with Crippen LogP contribution in [0.25, 0.3) is 0 Å². The van der Waals surface area contributed by atoms with Crippen LogP contribution in [0.15, 0.2) is 59.4 Å².